The molecular weight excluding hydrogens is 328 g/mol. The van der Waals surface area contributed by atoms with Crippen molar-refractivity contribution >= 4 is 18.3 Å². The summed E-state index contributed by atoms with van der Waals surface area (Å²) < 4.78 is 10.8. The fraction of sp³-hybridized carbons (Fsp3) is 0.611. The Hall–Kier alpha value is -1.30. The van der Waals surface area contributed by atoms with E-state index in [9.17, 15) is 4.79 Å². The lowest BCUT2D eigenvalue weighted by Gasteiger charge is -2.38. The first-order valence-corrected chi connectivity index (χ1v) is 8.47. The van der Waals surface area contributed by atoms with E-state index in [-0.39, 0.29) is 29.8 Å². The highest BCUT2D eigenvalue weighted by Crippen LogP contribution is 2.35. The van der Waals surface area contributed by atoms with E-state index in [4.69, 9.17) is 9.47 Å². The molecule has 0 spiro atoms. The van der Waals surface area contributed by atoms with Crippen LogP contribution in [0.1, 0.15) is 31.2 Å². The summed E-state index contributed by atoms with van der Waals surface area (Å²) in [5, 5.41) is 6.43. The van der Waals surface area contributed by atoms with Crippen molar-refractivity contribution in [2.24, 2.45) is 0 Å². The Kier molecular flexibility index (Phi) is 6.90. The van der Waals surface area contributed by atoms with Crippen LogP contribution >= 0.6 is 12.4 Å². The van der Waals surface area contributed by atoms with E-state index in [0.717, 1.165) is 51.2 Å². The van der Waals surface area contributed by atoms with Crippen LogP contribution in [0.3, 0.4) is 0 Å². The van der Waals surface area contributed by atoms with Gasteiger partial charge in [0, 0.05) is 25.2 Å². The second-order valence-corrected chi connectivity index (χ2v) is 6.49. The number of hydrogen-bond donors (Lipinski definition) is 2. The first-order chi connectivity index (χ1) is 11.2. The van der Waals surface area contributed by atoms with Gasteiger partial charge >= 0.3 is 0 Å². The SMILES string of the molecule is COc1ccc(C2(CNC(=O)C3CCCN3)CCOCC2)cc1.Cl. The number of carbonyl (C=O) groups is 1. The summed E-state index contributed by atoms with van der Waals surface area (Å²) in [5.74, 6) is 0.983. The molecule has 2 fully saturated rings. The lowest BCUT2D eigenvalue weighted by molar-refractivity contribution is -0.123. The van der Waals surface area contributed by atoms with Gasteiger partial charge in [-0.15, -0.1) is 12.4 Å². The van der Waals surface area contributed by atoms with E-state index in [1.807, 2.05) is 12.1 Å². The van der Waals surface area contributed by atoms with Gasteiger partial charge in [0.1, 0.15) is 5.75 Å². The molecule has 1 unspecified atom stereocenters. The number of rotatable bonds is 5. The van der Waals surface area contributed by atoms with Gasteiger partial charge in [0.2, 0.25) is 5.91 Å². The fourth-order valence-electron chi connectivity index (χ4n) is 3.56. The van der Waals surface area contributed by atoms with Crippen LogP contribution in [-0.4, -0.2) is 45.4 Å². The predicted molar refractivity (Wildman–Crippen MR) is 96.0 cm³/mol. The largest absolute Gasteiger partial charge is 0.497 e. The van der Waals surface area contributed by atoms with Crippen LogP contribution in [-0.2, 0) is 14.9 Å². The highest BCUT2D eigenvalue weighted by atomic mass is 35.5. The second kappa shape index (κ2) is 8.70. The van der Waals surface area contributed by atoms with Crippen molar-refractivity contribution in [1.82, 2.24) is 10.6 Å². The minimum absolute atomic E-state index is 0. The number of benzene rings is 1. The maximum absolute atomic E-state index is 12.3. The third-order valence-electron chi connectivity index (χ3n) is 5.13. The van der Waals surface area contributed by atoms with Crippen LogP contribution in [0.4, 0.5) is 0 Å². The summed E-state index contributed by atoms with van der Waals surface area (Å²) in [6, 6.07) is 8.19. The Morgan fingerprint density at radius 1 is 1.33 bits per heavy atom. The van der Waals surface area contributed by atoms with Crippen LogP contribution in [0.25, 0.3) is 0 Å². The summed E-state index contributed by atoms with van der Waals surface area (Å²) in [5.41, 5.74) is 1.21. The van der Waals surface area contributed by atoms with Gasteiger partial charge in [-0.05, 0) is 49.9 Å². The van der Waals surface area contributed by atoms with Gasteiger partial charge in [-0.1, -0.05) is 12.1 Å². The van der Waals surface area contributed by atoms with Crippen LogP contribution in [0.15, 0.2) is 24.3 Å². The molecule has 2 saturated heterocycles. The number of halogens is 1. The van der Waals surface area contributed by atoms with E-state index >= 15 is 0 Å². The Morgan fingerprint density at radius 2 is 2.04 bits per heavy atom. The van der Waals surface area contributed by atoms with Crippen LogP contribution < -0.4 is 15.4 Å². The summed E-state index contributed by atoms with van der Waals surface area (Å²) in [4.78, 5) is 12.3. The van der Waals surface area contributed by atoms with E-state index < -0.39 is 0 Å². The molecule has 0 aliphatic carbocycles. The van der Waals surface area contributed by atoms with Crippen molar-refractivity contribution in [3.63, 3.8) is 0 Å². The highest BCUT2D eigenvalue weighted by molar-refractivity contribution is 5.85. The minimum atomic E-state index is -0.0429. The molecule has 2 aliphatic heterocycles. The molecule has 2 heterocycles. The van der Waals surface area contributed by atoms with E-state index in [0.29, 0.717) is 6.54 Å². The summed E-state index contributed by atoms with van der Waals surface area (Å²) >= 11 is 0. The molecule has 2 N–H and O–H groups in total. The number of nitrogens with one attached hydrogen (secondary N) is 2. The fourth-order valence-corrected chi connectivity index (χ4v) is 3.56. The molecule has 1 atom stereocenters. The number of hydrogen-bond acceptors (Lipinski definition) is 4. The number of carbonyl (C=O) groups excluding carboxylic acids is 1. The van der Waals surface area contributed by atoms with Gasteiger partial charge in [0.25, 0.3) is 0 Å². The van der Waals surface area contributed by atoms with Gasteiger partial charge in [-0.3, -0.25) is 4.79 Å². The molecule has 0 bridgehead atoms. The molecular formula is C18H27ClN2O3. The lowest BCUT2D eigenvalue weighted by Crippen LogP contribution is -2.48. The minimum Gasteiger partial charge on any atom is -0.497 e. The monoisotopic (exact) mass is 354 g/mol. The number of amides is 1. The Balaban J connectivity index is 0.00000208. The highest BCUT2D eigenvalue weighted by Gasteiger charge is 2.35. The summed E-state index contributed by atoms with van der Waals surface area (Å²) in [7, 11) is 1.67. The topological polar surface area (TPSA) is 59.6 Å². The smallest absolute Gasteiger partial charge is 0.237 e. The van der Waals surface area contributed by atoms with Crippen molar-refractivity contribution in [2.45, 2.75) is 37.1 Å². The molecule has 3 rings (SSSR count). The maximum Gasteiger partial charge on any atom is 0.237 e. The molecule has 0 saturated carbocycles. The van der Waals surface area contributed by atoms with E-state index in [2.05, 4.69) is 22.8 Å². The molecule has 2 aliphatic rings. The van der Waals surface area contributed by atoms with Crippen molar-refractivity contribution in [2.75, 3.05) is 33.4 Å². The second-order valence-electron chi connectivity index (χ2n) is 6.49. The first-order valence-electron chi connectivity index (χ1n) is 8.47. The van der Waals surface area contributed by atoms with E-state index in [1.165, 1.54) is 5.56 Å². The van der Waals surface area contributed by atoms with Gasteiger partial charge < -0.3 is 20.1 Å². The predicted octanol–water partition coefficient (Wildman–Crippen LogP) is 2.03. The molecule has 1 amide bonds. The van der Waals surface area contributed by atoms with Crippen molar-refractivity contribution in [3.05, 3.63) is 29.8 Å². The Bertz CT molecular complexity index is 524. The van der Waals surface area contributed by atoms with Crippen LogP contribution in [0.2, 0.25) is 0 Å². The third kappa shape index (κ3) is 4.21. The molecule has 5 nitrogen and oxygen atoms in total. The van der Waals surface area contributed by atoms with Crippen molar-refractivity contribution < 1.29 is 14.3 Å². The maximum atomic E-state index is 12.3. The molecule has 1 aromatic rings. The van der Waals surface area contributed by atoms with Gasteiger partial charge in [-0.2, -0.15) is 0 Å². The van der Waals surface area contributed by atoms with Gasteiger partial charge in [-0.25, -0.2) is 0 Å². The number of ether oxygens (including phenoxy) is 2. The van der Waals surface area contributed by atoms with Gasteiger partial charge in [0.15, 0.2) is 0 Å². The zero-order valence-electron chi connectivity index (χ0n) is 14.2. The molecule has 6 heteroatoms. The zero-order chi connectivity index (χ0) is 16.1. The Labute approximate surface area is 149 Å². The normalized spacial score (nSPS) is 22.5. The van der Waals surface area contributed by atoms with Crippen molar-refractivity contribution in [1.29, 1.82) is 0 Å². The first kappa shape index (κ1) is 19.0. The third-order valence-corrected chi connectivity index (χ3v) is 5.13. The van der Waals surface area contributed by atoms with Crippen LogP contribution in [0.5, 0.6) is 5.75 Å². The molecule has 1 aromatic carbocycles. The Morgan fingerprint density at radius 3 is 2.62 bits per heavy atom. The zero-order valence-corrected chi connectivity index (χ0v) is 15.0. The average Bonchev–Trinajstić information content (AvgIpc) is 3.15. The number of methoxy groups -OCH3 is 1. The molecule has 0 aromatic heterocycles. The summed E-state index contributed by atoms with van der Waals surface area (Å²) in [6.45, 7) is 3.09. The van der Waals surface area contributed by atoms with Crippen molar-refractivity contribution in [3.8, 4) is 5.75 Å². The lowest BCUT2D eigenvalue weighted by atomic mass is 9.74. The standard InChI is InChI=1S/C18H26N2O3.ClH/c1-22-15-6-4-14(5-7-15)18(8-11-23-12-9-18)13-20-17(21)16-3-2-10-19-16;/h4-7,16,19H,2-3,8-13H2,1H3,(H,20,21);1H. The van der Waals surface area contributed by atoms with Gasteiger partial charge in [0.05, 0.1) is 13.2 Å². The molecule has 0 radical (unpaired) electrons. The average molecular weight is 355 g/mol. The quantitative estimate of drug-likeness (QED) is 0.849. The summed E-state index contributed by atoms with van der Waals surface area (Å²) in [6.07, 6.45) is 3.87. The van der Waals surface area contributed by atoms with Crippen LogP contribution in [0, 0.1) is 0 Å². The molecule has 134 valence electrons. The van der Waals surface area contributed by atoms with E-state index in [1.54, 1.807) is 7.11 Å². The molecule has 24 heavy (non-hydrogen) atoms.